The average molecular weight is 394 g/mol. The van der Waals surface area contributed by atoms with Gasteiger partial charge in [0.15, 0.2) is 0 Å². The second kappa shape index (κ2) is 7.43. The number of thioether (sulfide) groups is 1. The fourth-order valence-corrected chi connectivity index (χ4v) is 4.19. The number of hydrogen-bond acceptors (Lipinski definition) is 7. The van der Waals surface area contributed by atoms with Crippen LogP contribution in [0.3, 0.4) is 0 Å². The van der Waals surface area contributed by atoms with Crippen LogP contribution < -0.4 is 5.32 Å². The maximum atomic E-state index is 12.5. The third kappa shape index (κ3) is 3.54. The number of carboxylic acid groups (broad SMARTS) is 1. The van der Waals surface area contributed by atoms with Crippen molar-refractivity contribution in [1.29, 1.82) is 0 Å². The highest BCUT2D eigenvalue weighted by molar-refractivity contribution is 8.00. The van der Waals surface area contributed by atoms with Gasteiger partial charge in [0.25, 0.3) is 11.8 Å². The van der Waals surface area contributed by atoms with Crippen molar-refractivity contribution in [3.8, 4) is 0 Å². The van der Waals surface area contributed by atoms with Crippen molar-refractivity contribution in [2.45, 2.75) is 31.8 Å². The zero-order chi connectivity index (χ0) is 19.7. The van der Waals surface area contributed by atoms with E-state index in [-0.39, 0.29) is 18.1 Å². The van der Waals surface area contributed by atoms with Crippen LogP contribution in [0.5, 0.6) is 0 Å². The molecule has 144 valence electrons. The van der Waals surface area contributed by atoms with Gasteiger partial charge < -0.3 is 15.2 Å². The van der Waals surface area contributed by atoms with E-state index in [0.29, 0.717) is 17.7 Å². The standard InChI is InChI=1S/C16H18N4O6S/c1-3-19-5-9(4-17-19)13(22)18-11-14(23)20-12(16(24)25)10(6-26-8(2)21)7-27-15(11)20/h4-5,11,15H,3,6-7H2,1-2H3,(H,18,22)(H,24,25). The molecule has 27 heavy (non-hydrogen) atoms. The van der Waals surface area contributed by atoms with Gasteiger partial charge in [-0.05, 0) is 6.92 Å². The number of β-lactam (4-membered cyclic amide) rings is 1. The molecule has 1 fully saturated rings. The smallest absolute Gasteiger partial charge is 0.352 e. The summed E-state index contributed by atoms with van der Waals surface area (Å²) in [5.41, 5.74) is 0.490. The van der Waals surface area contributed by atoms with E-state index in [9.17, 15) is 24.3 Å². The number of fused-ring (bicyclic) bond motifs is 1. The van der Waals surface area contributed by atoms with Gasteiger partial charge in [0.2, 0.25) is 0 Å². The van der Waals surface area contributed by atoms with Gasteiger partial charge in [0.1, 0.15) is 23.7 Å². The van der Waals surface area contributed by atoms with Crippen LogP contribution in [0.4, 0.5) is 0 Å². The SMILES string of the molecule is CCn1cc(C(=O)NC2C(=O)N3C(C(=O)O)=C(COC(C)=O)CSC23)cn1. The van der Waals surface area contributed by atoms with Gasteiger partial charge in [-0.2, -0.15) is 5.10 Å². The third-order valence-electron chi connectivity index (χ3n) is 4.21. The highest BCUT2D eigenvalue weighted by Gasteiger charge is 2.54. The summed E-state index contributed by atoms with van der Waals surface area (Å²) in [6.07, 6.45) is 2.98. The van der Waals surface area contributed by atoms with Crippen LogP contribution in [0.25, 0.3) is 0 Å². The number of aryl methyl sites for hydroxylation is 1. The van der Waals surface area contributed by atoms with Crippen molar-refractivity contribution in [2.24, 2.45) is 0 Å². The van der Waals surface area contributed by atoms with Crippen LogP contribution in [-0.4, -0.2) is 67.3 Å². The minimum absolute atomic E-state index is 0.186. The van der Waals surface area contributed by atoms with Gasteiger partial charge in [-0.15, -0.1) is 11.8 Å². The fraction of sp³-hybridized carbons (Fsp3) is 0.438. The molecule has 2 atom stereocenters. The van der Waals surface area contributed by atoms with Crippen molar-refractivity contribution in [3.63, 3.8) is 0 Å². The largest absolute Gasteiger partial charge is 0.477 e. The molecule has 3 rings (SSSR count). The summed E-state index contributed by atoms with van der Waals surface area (Å²) in [5.74, 6) is -2.48. The molecule has 11 heteroatoms. The number of carboxylic acids is 1. The van der Waals surface area contributed by atoms with E-state index in [2.05, 4.69) is 10.4 Å². The maximum Gasteiger partial charge on any atom is 0.352 e. The van der Waals surface area contributed by atoms with Gasteiger partial charge in [-0.25, -0.2) is 4.79 Å². The van der Waals surface area contributed by atoms with Gasteiger partial charge >= 0.3 is 11.9 Å². The molecule has 2 aliphatic heterocycles. The number of carbonyl (C=O) groups is 4. The number of carbonyl (C=O) groups excluding carboxylic acids is 3. The van der Waals surface area contributed by atoms with E-state index in [1.165, 1.54) is 24.9 Å². The lowest BCUT2D eigenvalue weighted by Crippen LogP contribution is -2.70. The Labute approximate surface area is 158 Å². The van der Waals surface area contributed by atoms with Crippen LogP contribution in [0, 0.1) is 0 Å². The van der Waals surface area contributed by atoms with Crippen molar-refractivity contribution < 1.29 is 29.0 Å². The highest BCUT2D eigenvalue weighted by atomic mass is 32.2. The van der Waals surface area contributed by atoms with Gasteiger partial charge in [0, 0.05) is 31.0 Å². The highest BCUT2D eigenvalue weighted by Crippen LogP contribution is 2.40. The molecule has 2 amide bonds. The van der Waals surface area contributed by atoms with E-state index in [0.717, 1.165) is 4.90 Å². The zero-order valence-electron chi connectivity index (χ0n) is 14.7. The van der Waals surface area contributed by atoms with Crippen molar-refractivity contribution in [1.82, 2.24) is 20.0 Å². The van der Waals surface area contributed by atoms with Crippen LogP contribution in [0.2, 0.25) is 0 Å². The van der Waals surface area contributed by atoms with Gasteiger partial charge in [-0.3, -0.25) is 24.0 Å². The van der Waals surface area contributed by atoms with E-state index in [1.54, 1.807) is 10.9 Å². The van der Waals surface area contributed by atoms with Crippen LogP contribution in [0.15, 0.2) is 23.7 Å². The number of aromatic nitrogens is 2. The minimum Gasteiger partial charge on any atom is -0.477 e. The molecular formula is C16H18N4O6S. The number of nitrogens with one attached hydrogen (secondary N) is 1. The summed E-state index contributed by atoms with van der Waals surface area (Å²) in [4.78, 5) is 48.6. The summed E-state index contributed by atoms with van der Waals surface area (Å²) >= 11 is 1.31. The Hall–Kier alpha value is -2.82. The zero-order valence-corrected chi connectivity index (χ0v) is 15.5. The number of aliphatic carboxylic acids is 1. The quantitative estimate of drug-likeness (QED) is 0.502. The second-order valence-electron chi connectivity index (χ2n) is 5.98. The van der Waals surface area contributed by atoms with Gasteiger partial charge in [0.05, 0.1) is 11.8 Å². The first-order valence-electron chi connectivity index (χ1n) is 8.20. The molecule has 3 heterocycles. The summed E-state index contributed by atoms with van der Waals surface area (Å²) in [5, 5.41) is 15.6. The molecule has 2 N–H and O–H groups in total. The summed E-state index contributed by atoms with van der Waals surface area (Å²) in [6, 6.07) is -0.822. The third-order valence-corrected chi connectivity index (χ3v) is 5.55. The number of ether oxygens (including phenoxy) is 1. The Morgan fingerprint density at radius 1 is 1.44 bits per heavy atom. The van der Waals surface area contributed by atoms with E-state index >= 15 is 0 Å². The monoisotopic (exact) mass is 394 g/mol. The lowest BCUT2D eigenvalue weighted by molar-refractivity contribution is -0.149. The predicted molar refractivity (Wildman–Crippen MR) is 93.5 cm³/mol. The number of hydrogen-bond donors (Lipinski definition) is 2. The molecule has 0 bridgehead atoms. The predicted octanol–water partition coefficient (Wildman–Crippen LogP) is -0.182. The molecule has 1 aromatic rings. The van der Waals surface area contributed by atoms with Gasteiger partial charge in [-0.1, -0.05) is 0 Å². The number of nitrogens with zero attached hydrogens (tertiary/aromatic N) is 3. The Morgan fingerprint density at radius 2 is 2.19 bits per heavy atom. The average Bonchev–Trinajstić information content (AvgIpc) is 3.12. The number of esters is 1. The summed E-state index contributed by atoms with van der Waals surface area (Å²) < 4.78 is 6.47. The van der Waals surface area contributed by atoms with E-state index in [1.807, 2.05) is 6.92 Å². The minimum atomic E-state index is -1.27. The lowest BCUT2D eigenvalue weighted by Gasteiger charge is -2.49. The number of amides is 2. The molecule has 0 saturated carbocycles. The first-order chi connectivity index (χ1) is 12.8. The Morgan fingerprint density at radius 3 is 2.78 bits per heavy atom. The van der Waals surface area contributed by atoms with E-state index in [4.69, 9.17) is 4.74 Å². The molecule has 10 nitrogen and oxygen atoms in total. The first kappa shape index (κ1) is 19.0. The fourth-order valence-electron chi connectivity index (χ4n) is 2.86. The molecule has 1 aromatic heterocycles. The Kier molecular flexibility index (Phi) is 5.22. The van der Waals surface area contributed by atoms with E-state index < -0.39 is 35.2 Å². The van der Waals surface area contributed by atoms with Crippen LogP contribution >= 0.6 is 11.8 Å². The van der Waals surface area contributed by atoms with Crippen molar-refractivity contribution in [2.75, 3.05) is 12.4 Å². The molecule has 1 saturated heterocycles. The lowest BCUT2D eigenvalue weighted by atomic mass is 10.0. The molecule has 0 spiro atoms. The number of rotatable bonds is 6. The molecule has 2 unspecified atom stereocenters. The van der Waals surface area contributed by atoms with Crippen LogP contribution in [-0.2, 0) is 25.7 Å². The molecule has 2 aliphatic rings. The topological polar surface area (TPSA) is 131 Å². The molecule has 0 aromatic carbocycles. The van der Waals surface area contributed by atoms with Crippen molar-refractivity contribution >= 4 is 35.5 Å². The Balaban J connectivity index is 1.74. The first-order valence-corrected chi connectivity index (χ1v) is 9.25. The van der Waals surface area contributed by atoms with Crippen molar-refractivity contribution in [3.05, 3.63) is 29.2 Å². The second-order valence-corrected chi connectivity index (χ2v) is 7.09. The maximum absolute atomic E-state index is 12.5. The van der Waals surface area contributed by atoms with Crippen LogP contribution in [0.1, 0.15) is 24.2 Å². The Bertz CT molecular complexity index is 848. The molecular weight excluding hydrogens is 376 g/mol. The molecule has 0 radical (unpaired) electrons. The summed E-state index contributed by atoms with van der Waals surface area (Å²) in [6.45, 7) is 3.53. The molecule has 0 aliphatic carbocycles. The normalized spacial score (nSPS) is 21.4. The summed E-state index contributed by atoms with van der Waals surface area (Å²) in [7, 11) is 0.